The maximum Gasteiger partial charge on any atom is 0.0874 e. The molecule has 0 spiro atoms. The van der Waals surface area contributed by atoms with Crippen molar-refractivity contribution >= 4 is 0 Å². The normalized spacial score (nSPS) is 27.1. The summed E-state index contributed by atoms with van der Waals surface area (Å²) in [6.07, 6.45) is 2.39. The van der Waals surface area contributed by atoms with Crippen molar-refractivity contribution in [3.8, 4) is 6.07 Å². The molecule has 0 amide bonds. The Labute approximate surface area is 87.9 Å². The molecule has 0 unspecified atom stereocenters. The molecular weight excluding hydrogens is 172 g/mol. The second-order valence-electron chi connectivity index (χ2n) is 5.88. The van der Waals surface area contributed by atoms with Crippen molar-refractivity contribution in [1.29, 1.82) is 5.26 Å². The van der Waals surface area contributed by atoms with Gasteiger partial charge in [-0.15, -0.1) is 0 Å². The summed E-state index contributed by atoms with van der Waals surface area (Å²) in [5, 5.41) is 8.86. The molecule has 0 N–H and O–H groups in total. The topological polar surface area (TPSA) is 27.0 Å². The van der Waals surface area contributed by atoms with Crippen LogP contribution in [-0.2, 0) is 0 Å². The van der Waals surface area contributed by atoms with E-state index in [1.165, 1.54) is 12.8 Å². The zero-order valence-electron chi connectivity index (χ0n) is 10.1. The molecule has 0 aliphatic carbocycles. The van der Waals surface area contributed by atoms with Gasteiger partial charge in [0.25, 0.3) is 0 Å². The average Bonchev–Trinajstić information content (AvgIpc) is 1.94. The van der Waals surface area contributed by atoms with Crippen LogP contribution in [0.3, 0.4) is 0 Å². The van der Waals surface area contributed by atoms with E-state index in [0.717, 1.165) is 5.92 Å². The molecule has 0 aromatic carbocycles. The van der Waals surface area contributed by atoms with Crippen molar-refractivity contribution < 1.29 is 0 Å². The Morgan fingerprint density at radius 3 is 2.00 bits per heavy atom. The van der Waals surface area contributed by atoms with E-state index in [9.17, 15) is 0 Å². The van der Waals surface area contributed by atoms with Crippen LogP contribution in [0.15, 0.2) is 0 Å². The SMILES string of the molecule is CC1CC(C)(C)N(CC#N)C(C)(C)C1. The molecule has 1 rings (SSSR count). The average molecular weight is 194 g/mol. The summed E-state index contributed by atoms with van der Waals surface area (Å²) in [4.78, 5) is 2.35. The number of piperidine rings is 1. The van der Waals surface area contributed by atoms with E-state index in [1.54, 1.807) is 0 Å². The van der Waals surface area contributed by atoms with Gasteiger partial charge in [0.2, 0.25) is 0 Å². The third kappa shape index (κ3) is 2.09. The molecule has 2 heteroatoms. The van der Waals surface area contributed by atoms with Crippen molar-refractivity contribution in [2.45, 2.75) is 58.5 Å². The largest absolute Gasteiger partial charge is 0.280 e. The molecule has 0 aromatic heterocycles. The molecule has 1 aliphatic rings. The predicted octanol–water partition coefficient (Wildman–Crippen LogP) is 2.80. The summed E-state index contributed by atoms with van der Waals surface area (Å²) in [6.45, 7) is 11.9. The van der Waals surface area contributed by atoms with Crippen LogP contribution in [0, 0.1) is 17.2 Å². The van der Waals surface area contributed by atoms with Gasteiger partial charge in [0.15, 0.2) is 0 Å². The predicted molar refractivity (Wildman–Crippen MR) is 58.9 cm³/mol. The highest BCUT2D eigenvalue weighted by Gasteiger charge is 2.43. The Balaban J connectivity index is 2.92. The van der Waals surface area contributed by atoms with Crippen LogP contribution in [0.2, 0.25) is 0 Å². The van der Waals surface area contributed by atoms with Gasteiger partial charge in [-0.25, -0.2) is 0 Å². The number of nitriles is 1. The molecule has 80 valence electrons. The van der Waals surface area contributed by atoms with Gasteiger partial charge in [-0.2, -0.15) is 5.26 Å². The van der Waals surface area contributed by atoms with Gasteiger partial charge < -0.3 is 0 Å². The summed E-state index contributed by atoms with van der Waals surface area (Å²) >= 11 is 0. The summed E-state index contributed by atoms with van der Waals surface area (Å²) in [5.41, 5.74) is 0.327. The van der Waals surface area contributed by atoms with Gasteiger partial charge in [0.1, 0.15) is 0 Å². The highest BCUT2D eigenvalue weighted by atomic mass is 15.3. The van der Waals surface area contributed by atoms with Crippen LogP contribution >= 0.6 is 0 Å². The summed E-state index contributed by atoms with van der Waals surface area (Å²) in [5.74, 6) is 0.759. The molecule has 0 bridgehead atoms. The van der Waals surface area contributed by atoms with E-state index < -0.39 is 0 Å². The zero-order valence-corrected chi connectivity index (χ0v) is 10.1. The summed E-state index contributed by atoms with van der Waals surface area (Å²) < 4.78 is 0. The van der Waals surface area contributed by atoms with E-state index in [2.05, 4.69) is 45.6 Å². The number of nitrogens with zero attached hydrogens (tertiary/aromatic N) is 2. The first-order valence-corrected chi connectivity index (χ1v) is 5.44. The van der Waals surface area contributed by atoms with Crippen LogP contribution in [0.5, 0.6) is 0 Å². The van der Waals surface area contributed by atoms with Crippen molar-refractivity contribution in [3.63, 3.8) is 0 Å². The first-order chi connectivity index (χ1) is 6.29. The molecule has 0 radical (unpaired) electrons. The number of hydrogen-bond acceptors (Lipinski definition) is 2. The standard InChI is InChI=1S/C12H22N2/c1-10-8-11(2,3)14(7-6-13)12(4,5)9-10/h10H,7-9H2,1-5H3. The van der Waals surface area contributed by atoms with Crippen LogP contribution in [0.25, 0.3) is 0 Å². The minimum Gasteiger partial charge on any atom is -0.280 e. The highest BCUT2D eigenvalue weighted by molar-refractivity contribution is 5.01. The van der Waals surface area contributed by atoms with Gasteiger partial charge in [0.05, 0.1) is 12.6 Å². The minimum atomic E-state index is 0.164. The van der Waals surface area contributed by atoms with Crippen molar-refractivity contribution in [3.05, 3.63) is 0 Å². The van der Waals surface area contributed by atoms with Crippen molar-refractivity contribution in [2.75, 3.05) is 6.54 Å². The molecular formula is C12H22N2. The molecule has 0 aromatic rings. The molecule has 1 heterocycles. The number of rotatable bonds is 1. The fourth-order valence-corrected chi connectivity index (χ4v) is 3.32. The Morgan fingerprint density at radius 2 is 1.64 bits per heavy atom. The zero-order chi connectivity index (χ0) is 11.0. The van der Waals surface area contributed by atoms with Crippen LogP contribution in [0.4, 0.5) is 0 Å². The lowest BCUT2D eigenvalue weighted by atomic mass is 9.74. The highest BCUT2D eigenvalue weighted by Crippen LogP contribution is 2.40. The third-order valence-corrected chi connectivity index (χ3v) is 3.39. The first-order valence-electron chi connectivity index (χ1n) is 5.44. The van der Waals surface area contributed by atoms with Crippen LogP contribution in [0.1, 0.15) is 47.5 Å². The fraction of sp³-hybridized carbons (Fsp3) is 0.917. The van der Waals surface area contributed by atoms with Crippen LogP contribution < -0.4 is 0 Å². The van der Waals surface area contributed by atoms with E-state index in [1.807, 2.05) is 0 Å². The smallest absolute Gasteiger partial charge is 0.0874 e. The van der Waals surface area contributed by atoms with E-state index in [-0.39, 0.29) is 11.1 Å². The fourth-order valence-electron chi connectivity index (χ4n) is 3.32. The van der Waals surface area contributed by atoms with Crippen molar-refractivity contribution in [1.82, 2.24) is 4.90 Å². The van der Waals surface area contributed by atoms with Gasteiger partial charge in [-0.1, -0.05) is 6.92 Å². The quantitative estimate of drug-likeness (QED) is 0.600. The molecule has 1 aliphatic heterocycles. The second kappa shape index (κ2) is 3.55. The van der Waals surface area contributed by atoms with E-state index >= 15 is 0 Å². The molecule has 14 heavy (non-hydrogen) atoms. The van der Waals surface area contributed by atoms with Gasteiger partial charge in [0, 0.05) is 11.1 Å². The van der Waals surface area contributed by atoms with Gasteiger partial charge >= 0.3 is 0 Å². The summed E-state index contributed by atoms with van der Waals surface area (Å²) in [7, 11) is 0. The lowest BCUT2D eigenvalue weighted by Crippen LogP contribution is -2.60. The van der Waals surface area contributed by atoms with Crippen LogP contribution in [-0.4, -0.2) is 22.5 Å². The Morgan fingerprint density at radius 1 is 1.21 bits per heavy atom. The third-order valence-electron chi connectivity index (χ3n) is 3.39. The second-order valence-corrected chi connectivity index (χ2v) is 5.88. The molecule has 2 nitrogen and oxygen atoms in total. The maximum absolute atomic E-state index is 8.86. The lowest BCUT2D eigenvalue weighted by Gasteiger charge is -2.54. The number of likely N-dealkylation sites (tertiary alicyclic amines) is 1. The van der Waals surface area contributed by atoms with Crippen molar-refractivity contribution in [2.24, 2.45) is 5.92 Å². The molecule has 1 saturated heterocycles. The number of hydrogen-bond donors (Lipinski definition) is 0. The summed E-state index contributed by atoms with van der Waals surface area (Å²) in [6, 6.07) is 2.29. The Kier molecular flexibility index (Phi) is 2.92. The Hall–Kier alpha value is -0.550. The Bertz CT molecular complexity index is 230. The monoisotopic (exact) mass is 194 g/mol. The molecule has 1 fully saturated rings. The molecule has 0 atom stereocenters. The first kappa shape index (κ1) is 11.5. The molecule has 0 saturated carbocycles. The van der Waals surface area contributed by atoms with Gasteiger partial charge in [-0.05, 0) is 46.5 Å². The lowest BCUT2D eigenvalue weighted by molar-refractivity contribution is -0.0371. The minimum absolute atomic E-state index is 0.164. The maximum atomic E-state index is 8.86. The van der Waals surface area contributed by atoms with E-state index in [4.69, 9.17) is 5.26 Å². The van der Waals surface area contributed by atoms with Gasteiger partial charge in [-0.3, -0.25) is 4.90 Å². The van der Waals surface area contributed by atoms with E-state index in [0.29, 0.717) is 6.54 Å².